The number of pyridine rings is 1. The van der Waals surface area contributed by atoms with Gasteiger partial charge in [0.25, 0.3) is 0 Å². The second-order valence-electron chi connectivity index (χ2n) is 4.60. The Bertz CT molecular complexity index is 495. The lowest BCUT2D eigenvalue weighted by Crippen LogP contribution is -2.19. The van der Waals surface area contributed by atoms with E-state index in [1.54, 1.807) is 11.3 Å². The largest absolute Gasteiger partial charge is 0.392 e. The first kappa shape index (κ1) is 10.9. The van der Waals surface area contributed by atoms with Crippen LogP contribution < -0.4 is 0 Å². The van der Waals surface area contributed by atoms with Crippen LogP contribution in [-0.2, 0) is 12.8 Å². The molecule has 0 saturated heterocycles. The maximum atomic E-state index is 10.3. The van der Waals surface area contributed by atoms with Crippen molar-refractivity contribution in [3.63, 3.8) is 0 Å². The molecule has 2 aromatic heterocycles. The molecule has 88 valence electrons. The molecule has 0 aliphatic heterocycles. The maximum Gasteiger partial charge on any atom is 0.0664 e. The molecular weight excluding hydrogens is 230 g/mol. The summed E-state index contributed by atoms with van der Waals surface area (Å²) in [6.07, 6.45) is 4.34. The summed E-state index contributed by atoms with van der Waals surface area (Å²) in [6.45, 7) is 0. The lowest BCUT2D eigenvalue weighted by molar-refractivity contribution is 0.141. The summed E-state index contributed by atoms with van der Waals surface area (Å²) in [5.41, 5.74) is 3.64. The molecule has 0 saturated carbocycles. The van der Waals surface area contributed by atoms with Crippen molar-refractivity contribution in [3.05, 3.63) is 52.0 Å². The highest BCUT2D eigenvalue weighted by atomic mass is 32.1. The quantitative estimate of drug-likeness (QED) is 0.902. The molecule has 2 heterocycles. The number of fused-ring (bicyclic) bond motifs is 1. The molecule has 3 rings (SSSR count). The molecule has 0 fully saturated rings. The van der Waals surface area contributed by atoms with Crippen molar-refractivity contribution in [1.82, 2.24) is 4.98 Å². The van der Waals surface area contributed by atoms with Crippen LogP contribution in [0.5, 0.6) is 0 Å². The SMILES string of the molecule is OC(Cc1ccsc1)C1CCc2cccnc21. The number of aryl methyl sites for hydroxylation is 1. The summed E-state index contributed by atoms with van der Waals surface area (Å²) >= 11 is 1.68. The lowest BCUT2D eigenvalue weighted by atomic mass is 9.95. The van der Waals surface area contributed by atoms with Crippen LogP contribution in [0.15, 0.2) is 35.2 Å². The van der Waals surface area contributed by atoms with Crippen molar-refractivity contribution < 1.29 is 5.11 Å². The van der Waals surface area contributed by atoms with E-state index in [-0.39, 0.29) is 12.0 Å². The number of rotatable bonds is 3. The standard InChI is InChI=1S/C14H15NOS/c16-13(8-10-5-7-17-9-10)12-4-3-11-2-1-6-15-14(11)12/h1-2,5-7,9,12-13,16H,3-4,8H2. The van der Waals surface area contributed by atoms with E-state index < -0.39 is 0 Å². The molecule has 2 nitrogen and oxygen atoms in total. The molecule has 3 heteroatoms. The highest BCUT2D eigenvalue weighted by molar-refractivity contribution is 7.07. The Morgan fingerprint density at radius 2 is 2.41 bits per heavy atom. The van der Waals surface area contributed by atoms with E-state index in [0.29, 0.717) is 0 Å². The van der Waals surface area contributed by atoms with Crippen LogP contribution in [0, 0.1) is 0 Å². The minimum Gasteiger partial charge on any atom is -0.392 e. The normalized spacial score (nSPS) is 20.2. The third kappa shape index (κ3) is 2.13. The number of hydrogen-bond acceptors (Lipinski definition) is 3. The van der Waals surface area contributed by atoms with Crippen LogP contribution in [0.25, 0.3) is 0 Å². The van der Waals surface area contributed by atoms with Gasteiger partial charge in [-0.15, -0.1) is 0 Å². The molecule has 2 unspecified atom stereocenters. The molecule has 2 atom stereocenters. The molecule has 1 aliphatic carbocycles. The topological polar surface area (TPSA) is 33.1 Å². The summed E-state index contributed by atoms with van der Waals surface area (Å²) in [5, 5.41) is 14.5. The number of aliphatic hydroxyl groups excluding tert-OH is 1. The minimum atomic E-state index is -0.305. The van der Waals surface area contributed by atoms with Crippen LogP contribution in [-0.4, -0.2) is 16.2 Å². The van der Waals surface area contributed by atoms with Gasteiger partial charge in [-0.05, 0) is 53.3 Å². The van der Waals surface area contributed by atoms with Gasteiger partial charge >= 0.3 is 0 Å². The van der Waals surface area contributed by atoms with E-state index in [1.165, 1.54) is 11.1 Å². The fourth-order valence-corrected chi connectivity index (χ4v) is 3.29. The Morgan fingerprint density at radius 1 is 1.47 bits per heavy atom. The van der Waals surface area contributed by atoms with Crippen molar-refractivity contribution in [2.45, 2.75) is 31.3 Å². The number of hydrogen-bond donors (Lipinski definition) is 1. The molecule has 0 bridgehead atoms. The first-order valence-corrected chi connectivity index (χ1v) is 6.92. The van der Waals surface area contributed by atoms with Gasteiger partial charge in [-0.2, -0.15) is 11.3 Å². The Labute approximate surface area is 105 Å². The van der Waals surface area contributed by atoms with Crippen LogP contribution in [0.2, 0.25) is 0 Å². The highest BCUT2D eigenvalue weighted by Crippen LogP contribution is 2.34. The summed E-state index contributed by atoms with van der Waals surface area (Å²) in [6, 6.07) is 6.19. The zero-order chi connectivity index (χ0) is 11.7. The van der Waals surface area contributed by atoms with E-state index in [9.17, 15) is 5.11 Å². The molecule has 1 aliphatic rings. The average Bonchev–Trinajstić information content (AvgIpc) is 2.96. The molecule has 2 aromatic rings. The highest BCUT2D eigenvalue weighted by Gasteiger charge is 2.29. The smallest absolute Gasteiger partial charge is 0.0664 e. The fraction of sp³-hybridized carbons (Fsp3) is 0.357. The second-order valence-corrected chi connectivity index (χ2v) is 5.38. The van der Waals surface area contributed by atoms with E-state index in [1.807, 2.05) is 12.3 Å². The zero-order valence-corrected chi connectivity index (χ0v) is 10.4. The average molecular weight is 245 g/mol. The van der Waals surface area contributed by atoms with Crippen LogP contribution in [0.4, 0.5) is 0 Å². The van der Waals surface area contributed by atoms with Gasteiger partial charge in [0.05, 0.1) is 6.10 Å². The first-order valence-electron chi connectivity index (χ1n) is 5.97. The number of aromatic nitrogens is 1. The predicted octanol–water partition coefficient (Wildman–Crippen LogP) is 2.78. The second kappa shape index (κ2) is 4.59. The molecule has 1 N–H and O–H groups in total. The molecular formula is C14H15NOS. The van der Waals surface area contributed by atoms with Gasteiger partial charge in [0.2, 0.25) is 0 Å². The van der Waals surface area contributed by atoms with E-state index in [2.05, 4.69) is 27.9 Å². The number of aliphatic hydroxyl groups is 1. The fourth-order valence-electron chi connectivity index (χ4n) is 2.61. The van der Waals surface area contributed by atoms with Crippen molar-refractivity contribution in [2.75, 3.05) is 0 Å². The van der Waals surface area contributed by atoms with Crippen molar-refractivity contribution in [3.8, 4) is 0 Å². The van der Waals surface area contributed by atoms with E-state index in [0.717, 1.165) is 25.0 Å². The van der Waals surface area contributed by atoms with Gasteiger partial charge in [0, 0.05) is 17.8 Å². The molecule has 0 amide bonds. The van der Waals surface area contributed by atoms with Crippen LogP contribution >= 0.6 is 11.3 Å². The lowest BCUT2D eigenvalue weighted by Gasteiger charge is -2.17. The molecule has 0 aromatic carbocycles. The van der Waals surface area contributed by atoms with Crippen molar-refractivity contribution in [2.24, 2.45) is 0 Å². The molecule has 0 radical (unpaired) electrons. The summed E-state index contributed by atoms with van der Waals surface area (Å²) < 4.78 is 0. The summed E-state index contributed by atoms with van der Waals surface area (Å²) in [4.78, 5) is 4.43. The molecule has 17 heavy (non-hydrogen) atoms. The Morgan fingerprint density at radius 3 is 3.24 bits per heavy atom. The van der Waals surface area contributed by atoms with Gasteiger partial charge < -0.3 is 5.11 Å². The molecule has 0 spiro atoms. The van der Waals surface area contributed by atoms with Gasteiger partial charge in [0.1, 0.15) is 0 Å². The monoisotopic (exact) mass is 245 g/mol. The Kier molecular flexibility index (Phi) is 2.95. The van der Waals surface area contributed by atoms with Crippen LogP contribution in [0.1, 0.15) is 29.2 Å². The summed E-state index contributed by atoms with van der Waals surface area (Å²) in [7, 11) is 0. The van der Waals surface area contributed by atoms with E-state index in [4.69, 9.17) is 0 Å². The number of thiophene rings is 1. The third-order valence-electron chi connectivity index (χ3n) is 3.49. The minimum absolute atomic E-state index is 0.214. The van der Waals surface area contributed by atoms with E-state index >= 15 is 0 Å². The Hall–Kier alpha value is -1.19. The predicted molar refractivity (Wildman–Crippen MR) is 69.3 cm³/mol. The van der Waals surface area contributed by atoms with Gasteiger partial charge in [0.15, 0.2) is 0 Å². The number of nitrogens with zero attached hydrogens (tertiary/aromatic N) is 1. The van der Waals surface area contributed by atoms with Gasteiger partial charge in [-0.3, -0.25) is 4.98 Å². The maximum absolute atomic E-state index is 10.3. The zero-order valence-electron chi connectivity index (χ0n) is 9.54. The summed E-state index contributed by atoms with van der Waals surface area (Å²) in [5.74, 6) is 0.214. The van der Waals surface area contributed by atoms with Gasteiger partial charge in [-0.25, -0.2) is 0 Å². The van der Waals surface area contributed by atoms with Crippen LogP contribution in [0.3, 0.4) is 0 Å². The Balaban J connectivity index is 1.78. The first-order chi connectivity index (χ1) is 8.34. The van der Waals surface area contributed by atoms with Crippen molar-refractivity contribution >= 4 is 11.3 Å². The third-order valence-corrected chi connectivity index (χ3v) is 4.22. The van der Waals surface area contributed by atoms with Gasteiger partial charge in [-0.1, -0.05) is 6.07 Å². The van der Waals surface area contributed by atoms with Crippen molar-refractivity contribution in [1.29, 1.82) is 0 Å².